The summed E-state index contributed by atoms with van der Waals surface area (Å²) in [6, 6.07) is 13.9. The van der Waals surface area contributed by atoms with Gasteiger partial charge in [0, 0.05) is 54.8 Å². The lowest BCUT2D eigenvalue weighted by Crippen LogP contribution is -2.48. The second kappa shape index (κ2) is 7.31. The van der Waals surface area contributed by atoms with Crippen LogP contribution in [-0.2, 0) is 0 Å². The summed E-state index contributed by atoms with van der Waals surface area (Å²) < 4.78 is 12.1. The fourth-order valence-electron chi connectivity index (χ4n) is 4.83. The van der Waals surface area contributed by atoms with Crippen LogP contribution >= 0.6 is 0 Å². The molecule has 5 rings (SSSR count). The number of aliphatic hydroxyl groups excluding tert-OH is 1. The van der Waals surface area contributed by atoms with E-state index >= 15 is 0 Å². The minimum absolute atomic E-state index is 0.0956. The van der Waals surface area contributed by atoms with E-state index in [0.29, 0.717) is 36.6 Å². The third-order valence-electron chi connectivity index (χ3n) is 6.38. The van der Waals surface area contributed by atoms with Crippen molar-refractivity contribution in [2.45, 2.75) is 38.9 Å². The van der Waals surface area contributed by atoms with Crippen LogP contribution in [0.5, 0.6) is 5.75 Å². The number of fused-ring (bicyclic) bond motifs is 3. The molecule has 2 aliphatic rings. The number of hydrogen-bond donors (Lipinski definition) is 1. The lowest BCUT2D eigenvalue weighted by atomic mass is 9.89. The van der Waals surface area contributed by atoms with E-state index in [0.717, 1.165) is 29.6 Å². The van der Waals surface area contributed by atoms with Gasteiger partial charge in [0.15, 0.2) is 5.76 Å². The van der Waals surface area contributed by atoms with Crippen molar-refractivity contribution >= 4 is 22.6 Å². The second-order valence-corrected chi connectivity index (χ2v) is 9.10. The summed E-state index contributed by atoms with van der Waals surface area (Å²) in [6.45, 7) is 8.68. The second-order valence-electron chi connectivity index (χ2n) is 9.10. The number of ether oxygens (including phenoxy) is 1. The van der Waals surface area contributed by atoms with Crippen molar-refractivity contribution in [2.24, 2.45) is 0 Å². The number of hydrogen-bond acceptors (Lipinski definition) is 5. The van der Waals surface area contributed by atoms with E-state index in [1.807, 2.05) is 56.0 Å². The summed E-state index contributed by atoms with van der Waals surface area (Å²) in [5.74, 6) is 0.922. The molecule has 0 spiro atoms. The van der Waals surface area contributed by atoms with E-state index in [1.165, 1.54) is 5.69 Å². The van der Waals surface area contributed by atoms with Crippen molar-refractivity contribution < 1.29 is 19.1 Å². The Morgan fingerprint density at radius 1 is 1.06 bits per heavy atom. The highest BCUT2D eigenvalue weighted by molar-refractivity contribution is 6.00. The van der Waals surface area contributed by atoms with E-state index in [4.69, 9.17) is 9.15 Å². The van der Waals surface area contributed by atoms with Crippen molar-refractivity contribution in [1.29, 1.82) is 0 Å². The summed E-state index contributed by atoms with van der Waals surface area (Å²) >= 11 is 0. The van der Waals surface area contributed by atoms with Crippen molar-refractivity contribution in [3.8, 4) is 5.75 Å². The first kappa shape index (κ1) is 19.9. The Bertz CT molecular complexity index is 1130. The van der Waals surface area contributed by atoms with Crippen molar-refractivity contribution in [3.63, 3.8) is 0 Å². The predicted octanol–water partition coefficient (Wildman–Crippen LogP) is 4.30. The van der Waals surface area contributed by atoms with Crippen LogP contribution in [0.4, 0.5) is 5.69 Å². The lowest BCUT2D eigenvalue weighted by Gasteiger charge is -2.36. The van der Waals surface area contributed by atoms with Crippen molar-refractivity contribution in [1.82, 2.24) is 4.90 Å². The minimum atomic E-state index is -0.656. The van der Waals surface area contributed by atoms with Gasteiger partial charge in [-0.25, -0.2) is 0 Å². The summed E-state index contributed by atoms with van der Waals surface area (Å²) in [5, 5.41) is 11.6. The van der Waals surface area contributed by atoms with E-state index in [2.05, 4.69) is 17.0 Å². The Kier molecular flexibility index (Phi) is 4.70. The van der Waals surface area contributed by atoms with Gasteiger partial charge in [0.05, 0.1) is 6.10 Å². The molecule has 0 bridgehead atoms. The van der Waals surface area contributed by atoms with Gasteiger partial charge >= 0.3 is 0 Å². The van der Waals surface area contributed by atoms with Gasteiger partial charge < -0.3 is 24.1 Å². The number of para-hydroxylation sites is 1. The average molecular weight is 421 g/mol. The molecule has 6 nitrogen and oxygen atoms in total. The fraction of sp³-hybridized carbons (Fsp3) is 0.400. The topological polar surface area (TPSA) is 66.2 Å². The maximum absolute atomic E-state index is 13.3. The molecule has 31 heavy (non-hydrogen) atoms. The van der Waals surface area contributed by atoms with Gasteiger partial charge in [-0.05, 0) is 45.0 Å². The molecule has 1 fully saturated rings. The number of piperazine rings is 1. The van der Waals surface area contributed by atoms with Crippen LogP contribution in [0.1, 0.15) is 48.1 Å². The molecule has 1 atom stereocenters. The third kappa shape index (κ3) is 3.45. The van der Waals surface area contributed by atoms with Gasteiger partial charge in [-0.2, -0.15) is 0 Å². The zero-order valence-electron chi connectivity index (χ0n) is 18.2. The fourth-order valence-corrected chi connectivity index (χ4v) is 4.83. The molecule has 0 unspecified atom stereocenters. The smallest absolute Gasteiger partial charge is 0.290 e. The Hall–Kier alpha value is -2.99. The van der Waals surface area contributed by atoms with Gasteiger partial charge in [0.2, 0.25) is 0 Å². The number of carbonyl (C=O) groups is 1. The highest BCUT2D eigenvalue weighted by Crippen LogP contribution is 2.45. The average Bonchev–Trinajstić information content (AvgIpc) is 3.09. The quantitative estimate of drug-likeness (QED) is 0.670. The van der Waals surface area contributed by atoms with E-state index in [1.54, 1.807) is 0 Å². The molecule has 1 amide bonds. The molecule has 1 N–H and O–H groups in total. The van der Waals surface area contributed by atoms with E-state index in [9.17, 15) is 9.90 Å². The molecular weight excluding hydrogens is 392 g/mol. The first-order chi connectivity index (χ1) is 14.8. The number of anilines is 1. The van der Waals surface area contributed by atoms with Crippen LogP contribution in [0.15, 0.2) is 46.9 Å². The van der Waals surface area contributed by atoms with E-state index < -0.39 is 11.7 Å². The molecule has 162 valence electrons. The molecule has 0 radical (unpaired) electrons. The molecule has 2 aromatic carbocycles. The SMILES string of the molecule is Cc1c(C(=O)N2CCN(c3ccccc3)CC2)oc2ccc3c(c12)[C@H](O)CC(C)(C)O3. The maximum Gasteiger partial charge on any atom is 0.290 e. The summed E-state index contributed by atoms with van der Waals surface area (Å²) in [6.07, 6.45) is -0.162. The van der Waals surface area contributed by atoms with Gasteiger partial charge in [0.25, 0.3) is 5.91 Å². The molecule has 2 aliphatic heterocycles. The maximum atomic E-state index is 13.3. The molecule has 6 heteroatoms. The Labute approximate surface area is 182 Å². The van der Waals surface area contributed by atoms with Gasteiger partial charge in [-0.15, -0.1) is 0 Å². The zero-order valence-corrected chi connectivity index (χ0v) is 18.2. The van der Waals surface area contributed by atoms with Gasteiger partial charge in [0.1, 0.15) is 16.9 Å². The highest BCUT2D eigenvalue weighted by atomic mass is 16.5. The van der Waals surface area contributed by atoms with Crippen molar-refractivity contribution in [3.05, 3.63) is 59.4 Å². The molecular formula is C25H28N2O4. The highest BCUT2D eigenvalue weighted by Gasteiger charge is 2.36. The number of rotatable bonds is 2. The molecule has 3 aromatic rings. The molecule has 3 heterocycles. The number of furan rings is 1. The van der Waals surface area contributed by atoms with Crippen LogP contribution in [0.3, 0.4) is 0 Å². The normalized spacial score (nSPS) is 20.5. The number of benzene rings is 2. The van der Waals surface area contributed by atoms with Crippen LogP contribution in [0.25, 0.3) is 11.0 Å². The number of aliphatic hydroxyl groups is 1. The summed E-state index contributed by atoms with van der Waals surface area (Å²) in [5.41, 5.74) is 2.85. The number of carbonyl (C=O) groups excluding carboxylic acids is 1. The monoisotopic (exact) mass is 420 g/mol. The first-order valence-electron chi connectivity index (χ1n) is 10.9. The standard InChI is InChI=1S/C25H28N2O4/c1-16-21-19(9-10-20-22(21)18(28)15-25(2,3)31-20)30-23(16)24(29)27-13-11-26(12-14-27)17-7-5-4-6-8-17/h4-10,18,28H,11-15H2,1-3H3/t18-/m1/s1. The summed E-state index contributed by atoms with van der Waals surface area (Å²) in [4.78, 5) is 17.5. The lowest BCUT2D eigenvalue weighted by molar-refractivity contribution is 0.0126. The van der Waals surface area contributed by atoms with Gasteiger partial charge in [-0.3, -0.25) is 4.79 Å². The number of amides is 1. The van der Waals surface area contributed by atoms with Crippen LogP contribution in [0, 0.1) is 6.92 Å². The first-order valence-corrected chi connectivity index (χ1v) is 10.9. The Morgan fingerprint density at radius 3 is 2.48 bits per heavy atom. The van der Waals surface area contributed by atoms with Crippen molar-refractivity contribution in [2.75, 3.05) is 31.1 Å². The van der Waals surface area contributed by atoms with Crippen LogP contribution in [0.2, 0.25) is 0 Å². The summed E-state index contributed by atoms with van der Waals surface area (Å²) in [7, 11) is 0. The largest absolute Gasteiger partial charge is 0.487 e. The predicted molar refractivity (Wildman–Crippen MR) is 120 cm³/mol. The Morgan fingerprint density at radius 2 is 1.77 bits per heavy atom. The number of nitrogens with zero attached hydrogens (tertiary/aromatic N) is 2. The molecule has 0 saturated carbocycles. The third-order valence-corrected chi connectivity index (χ3v) is 6.38. The molecule has 0 aliphatic carbocycles. The van der Waals surface area contributed by atoms with Crippen LogP contribution in [-0.4, -0.2) is 47.7 Å². The zero-order chi connectivity index (χ0) is 21.8. The van der Waals surface area contributed by atoms with E-state index in [-0.39, 0.29) is 5.91 Å². The Balaban J connectivity index is 1.42. The van der Waals surface area contributed by atoms with Gasteiger partial charge in [-0.1, -0.05) is 18.2 Å². The van der Waals surface area contributed by atoms with Crippen LogP contribution < -0.4 is 9.64 Å². The molecule has 1 aromatic heterocycles. The minimum Gasteiger partial charge on any atom is -0.487 e. The molecule has 1 saturated heterocycles. The number of aryl methyl sites for hydroxylation is 1.